The Hall–Kier alpha value is -1.32. The van der Waals surface area contributed by atoms with Gasteiger partial charge in [-0.3, -0.25) is 9.48 Å². The quantitative estimate of drug-likeness (QED) is 0.741. The van der Waals surface area contributed by atoms with Crippen molar-refractivity contribution in [3.63, 3.8) is 0 Å². The van der Waals surface area contributed by atoms with E-state index in [0.29, 0.717) is 13.0 Å². The second kappa shape index (κ2) is 6.18. The molecule has 1 amide bonds. The van der Waals surface area contributed by atoms with Gasteiger partial charge in [-0.2, -0.15) is 5.10 Å². The van der Waals surface area contributed by atoms with E-state index in [1.54, 1.807) is 10.9 Å². The van der Waals surface area contributed by atoms with Gasteiger partial charge in [0.15, 0.2) is 0 Å². The molecule has 4 nitrogen and oxygen atoms in total. The summed E-state index contributed by atoms with van der Waals surface area (Å²) in [6, 6.07) is 1.87. The van der Waals surface area contributed by atoms with Crippen molar-refractivity contribution in [3.8, 4) is 0 Å². The Morgan fingerprint density at radius 1 is 1.57 bits per heavy atom. The Kier molecular flexibility index (Phi) is 4.75. The Balaban J connectivity index is 2.06. The van der Waals surface area contributed by atoms with Gasteiger partial charge in [-0.05, 0) is 12.5 Å². The summed E-state index contributed by atoms with van der Waals surface area (Å²) in [5.41, 5.74) is 0. The van der Waals surface area contributed by atoms with Gasteiger partial charge in [0.1, 0.15) is 0 Å². The van der Waals surface area contributed by atoms with Crippen LogP contribution in [0.4, 0.5) is 0 Å². The predicted molar refractivity (Wildman–Crippen MR) is 54.8 cm³/mol. The molecule has 0 aromatic carbocycles. The van der Waals surface area contributed by atoms with Crippen LogP contribution in [0.2, 0.25) is 0 Å². The molecule has 1 aromatic rings. The molecule has 0 bridgehead atoms. The summed E-state index contributed by atoms with van der Waals surface area (Å²) in [4.78, 5) is 11.2. The molecule has 1 N–H and O–H groups in total. The van der Waals surface area contributed by atoms with Crippen molar-refractivity contribution in [1.82, 2.24) is 15.1 Å². The van der Waals surface area contributed by atoms with Crippen molar-refractivity contribution in [1.29, 1.82) is 0 Å². The van der Waals surface area contributed by atoms with Gasteiger partial charge >= 0.3 is 0 Å². The molecule has 1 heterocycles. The summed E-state index contributed by atoms with van der Waals surface area (Å²) >= 11 is 0. The van der Waals surface area contributed by atoms with Crippen molar-refractivity contribution in [3.05, 3.63) is 18.5 Å². The molecule has 1 aromatic heterocycles. The highest BCUT2D eigenvalue weighted by molar-refractivity contribution is 5.75. The molecule has 0 saturated carbocycles. The Bertz CT molecular complexity index is 256. The molecule has 0 fully saturated rings. The second-order valence-electron chi connectivity index (χ2n) is 3.22. The first kappa shape index (κ1) is 10.8. The molecule has 0 radical (unpaired) electrons. The molecule has 0 aliphatic heterocycles. The molecule has 0 atom stereocenters. The van der Waals surface area contributed by atoms with E-state index in [4.69, 9.17) is 0 Å². The largest absolute Gasteiger partial charge is 0.354 e. The lowest BCUT2D eigenvalue weighted by molar-refractivity contribution is -0.121. The van der Waals surface area contributed by atoms with Crippen molar-refractivity contribution >= 4 is 5.91 Å². The number of amides is 1. The first-order chi connectivity index (χ1) is 6.83. The van der Waals surface area contributed by atoms with Crippen LogP contribution in [0.3, 0.4) is 0 Å². The van der Waals surface area contributed by atoms with Gasteiger partial charge in [0.2, 0.25) is 5.91 Å². The van der Waals surface area contributed by atoms with Crippen LogP contribution in [0.25, 0.3) is 0 Å². The number of nitrogens with zero attached hydrogens (tertiary/aromatic N) is 2. The van der Waals surface area contributed by atoms with Gasteiger partial charge in [-0.25, -0.2) is 0 Å². The van der Waals surface area contributed by atoms with Crippen LogP contribution in [0.1, 0.15) is 26.2 Å². The molecule has 0 aliphatic rings. The standard InChI is InChI=1S/C10H17N3O/c1-2-3-5-10(14)11-7-9-13-8-4-6-12-13/h4,6,8H,2-3,5,7,9H2,1H3,(H,11,14). The van der Waals surface area contributed by atoms with Crippen LogP contribution in [0.5, 0.6) is 0 Å². The summed E-state index contributed by atoms with van der Waals surface area (Å²) in [5.74, 6) is 0.138. The van der Waals surface area contributed by atoms with Crippen LogP contribution in [0, 0.1) is 0 Å². The van der Waals surface area contributed by atoms with Gasteiger partial charge in [0.25, 0.3) is 0 Å². The zero-order chi connectivity index (χ0) is 10.2. The van der Waals surface area contributed by atoms with E-state index >= 15 is 0 Å². The van der Waals surface area contributed by atoms with Crippen LogP contribution in [0.15, 0.2) is 18.5 Å². The zero-order valence-electron chi connectivity index (χ0n) is 8.57. The third-order valence-electron chi connectivity index (χ3n) is 1.98. The van der Waals surface area contributed by atoms with Gasteiger partial charge in [-0.15, -0.1) is 0 Å². The van der Waals surface area contributed by atoms with E-state index in [0.717, 1.165) is 19.4 Å². The first-order valence-electron chi connectivity index (χ1n) is 5.07. The molecule has 14 heavy (non-hydrogen) atoms. The Morgan fingerprint density at radius 2 is 2.43 bits per heavy atom. The number of aromatic nitrogens is 2. The van der Waals surface area contributed by atoms with E-state index in [9.17, 15) is 4.79 Å². The fraction of sp³-hybridized carbons (Fsp3) is 0.600. The minimum absolute atomic E-state index is 0.138. The minimum Gasteiger partial charge on any atom is -0.354 e. The maximum Gasteiger partial charge on any atom is 0.220 e. The number of carbonyl (C=O) groups excluding carboxylic acids is 1. The van der Waals surface area contributed by atoms with Crippen molar-refractivity contribution in [2.24, 2.45) is 0 Å². The fourth-order valence-corrected chi connectivity index (χ4v) is 1.17. The Morgan fingerprint density at radius 3 is 3.07 bits per heavy atom. The van der Waals surface area contributed by atoms with Crippen LogP contribution >= 0.6 is 0 Å². The summed E-state index contributed by atoms with van der Waals surface area (Å²) in [6.07, 6.45) is 6.28. The third kappa shape index (κ3) is 4.07. The number of unbranched alkanes of at least 4 members (excludes halogenated alkanes) is 1. The van der Waals surface area contributed by atoms with E-state index in [2.05, 4.69) is 17.3 Å². The van der Waals surface area contributed by atoms with E-state index in [1.165, 1.54) is 0 Å². The monoisotopic (exact) mass is 195 g/mol. The molecule has 0 saturated heterocycles. The molecule has 4 heteroatoms. The maximum atomic E-state index is 11.2. The highest BCUT2D eigenvalue weighted by Gasteiger charge is 1.98. The summed E-state index contributed by atoms with van der Waals surface area (Å²) in [6.45, 7) is 3.48. The number of hydrogen-bond donors (Lipinski definition) is 1. The van der Waals surface area contributed by atoms with Crippen molar-refractivity contribution in [2.75, 3.05) is 6.54 Å². The lowest BCUT2D eigenvalue weighted by Gasteiger charge is -2.04. The van der Waals surface area contributed by atoms with Gasteiger partial charge < -0.3 is 5.32 Å². The summed E-state index contributed by atoms with van der Waals surface area (Å²) in [7, 11) is 0. The lowest BCUT2D eigenvalue weighted by Crippen LogP contribution is -2.26. The topological polar surface area (TPSA) is 46.9 Å². The summed E-state index contributed by atoms with van der Waals surface area (Å²) in [5, 5.41) is 6.90. The molecule has 0 spiro atoms. The van der Waals surface area contributed by atoms with Crippen LogP contribution < -0.4 is 5.32 Å². The molecular formula is C10H17N3O. The van der Waals surface area contributed by atoms with E-state index in [-0.39, 0.29) is 5.91 Å². The highest BCUT2D eigenvalue weighted by Crippen LogP contribution is 1.92. The first-order valence-corrected chi connectivity index (χ1v) is 5.07. The molecule has 78 valence electrons. The predicted octanol–water partition coefficient (Wildman–Crippen LogP) is 1.19. The zero-order valence-corrected chi connectivity index (χ0v) is 8.57. The van der Waals surface area contributed by atoms with Crippen molar-refractivity contribution < 1.29 is 4.79 Å². The normalized spacial score (nSPS) is 10.1. The molecular weight excluding hydrogens is 178 g/mol. The minimum atomic E-state index is 0.138. The van der Waals surface area contributed by atoms with E-state index in [1.807, 2.05) is 12.3 Å². The average molecular weight is 195 g/mol. The number of carbonyl (C=O) groups is 1. The van der Waals surface area contributed by atoms with Gasteiger partial charge in [0, 0.05) is 25.4 Å². The smallest absolute Gasteiger partial charge is 0.220 e. The SMILES string of the molecule is CCCCC(=O)NCCn1cccn1. The Labute approximate surface area is 84.3 Å². The third-order valence-corrected chi connectivity index (χ3v) is 1.98. The maximum absolute atomic E-state index is 11.2. The lowest BCUT2D eigenvalue weighted by atomic mass is 10.2. The number of rotatable bonds is 6. The number of nitrogens with one attached hydrogen (secondary N) is 1. The second-order valence-corrected chi connectivity index (χ2v) is 3.22. The summed E-state index contributed by atoms with van der Waals surface area (Å²) < 4.78 is 1.81. The fourth-order valence-electron chi connectivity index (χ4n) is 1.17. The van der Waals surface area contributed by atoms with Gasteiger partial charge in [0.05, 0.1) is 6.54 Å². The van der Waals surface area contributed by atoms with E-state index < -0.39 is 0 Å². The van der Waals surface area contributed by atoms with Crippen LogP contribution in [-0.4, -0.2) is 22.2 Å². The molecule has 0 aliphatic carbocycles. The van der Waals surface area contributed by atoms with Gasteiger partial charge in [-0.1, -0.05) is 13.3 Å². The molecule has 1 rings (SSSR count). The average Bonchev–Trinajstić information content (AvgIpc) is 2.67. The number of hydrogen-bond acceptors (Lipinski definition) is 2. The molecule has 0 unspecified atom stereocenters. The van der Waals surface area contributed by atoms with Crippen molar-refractivity contribution in [2.45, 2.75) is 32.7 Å². The highest BCUT2D eigenvalue weighted by atomic mass is 16.1. The van der Waals surface area contributed by atoms with Crippen LogP contribution in [-0.2, 0) is 11.3 Å².